The summed E-state index contributed by atoms with van der Waals surface area (Å²) in [5.74, 6) is -0.111. The SMILES string of the molecule is CC(Sc1nc2ccccc2c(=O)n1-c1ccc(OC(F)F)cc1)C(=O)NC1CCCC1. The molecule has 32 heavy (non-hydrogen) atoms. The Labute approximate surface area is 188 Å². The van der Waals surface area contributed by atoms with Crippen molar-refractivity contribution in [1.82, 2.24) is 14.9 Å². The first-order chi connectivity index (χ1) is 15.4. The van der Waals surface area contributed by atoms with Gasteiger partial charge in [0, 0.05) is 6.04 Å². The van der Waals surface area contributed by atoms with Crippen molar-refractivity contribution in [1.29, 1.82) is 0 Å². The Hall–Kier alpha value is -2.94. The van der Waals surface area contributed by atoms with Crippen LogP contribution in [-0.2, 0) is 4.79 Å². The summed E-state index contributed by atoms with van der Waals surface area (Å²) in [6, 6.07) is 12.9. The number of carbonyl (C=O) groups is 1. The number of carbonyl (C=O) groups excluding carboxylic acids is 1. The summed E-state index contributed by atoms with van der Waals surface area (Å²) in [6.07, 6.45) is 4.19. The lowest BCUT2D eigenvalue weighted by molar-refractivity contribution is -0.120. The van der Waals surface area contributed by atoms with Gasteiger partial charge in [-0.3, -0.25) is 14.2 Å². The second-order valence-electron chi connectivity index (χ2n) is 7.67. The van der Waals surface area contributed by atoms with Crippen LogP contribution in [0, 0.1) is 0 Å². The van der Waals surface area contributed by atoms with Gasteiger partial charge in [0.15, 0.2) is 5.16 Å². The maximum absolute atomic E-state index is 13.3. The molecule has 6 nitrogen and oxygen atoms in total. The van der Waals surface area contributed by atoms with Crippen molar-refractivity contribution in [2.75, 3.05) is 0 Å². The Kier molecular flexibility index (Phi) is 6.74. The molecule has 1 unspecified atom stereocenters. The van der Waals surface area contributed by atoms with Crippen molar-refractivity contribution in [3.63, 3.8) is 0 Å². The molecule has 1 fully saturated rings. The molecule has 168 valence electrons. The Morgan fingerprint density at radius 2 is 1.84 bits per heavy atom. The number of hydrogen-bond donors (Lipinski definition) is 1. The molecule has 1 N–H and O–H groups in total. The lowest BCUT2D eigenvalue weighted by Gasteiger charge is -2.18. The third-order valence-corrected chi connectivity index (χ3v) is 6.47. The van der Waals surface area contributed by atoms with E-state index in [1.807, 2.05) is 0 Å². The summed E-state index contributed by atoms with van der Waals surface area (Å²) in [5.41, 5.74) is 0.669. The average molecular weight is 460 g/mol. The third-order valence-electron chi connectivity index (χ3n) is 5.42. The smallest absolute Gasteiger partial charge is 0.387 e. The first-order valence-corrected chi connectivity index (χ1v) is 11.3. The van der Waals surface area contributed by atoms with Crippen LogP contribution in [0.3, 0.4) is 0 Å². The molecule has 1 saturated carbocycles. The standard InChI is InChI=1S/C23H23F2N3O3S/c1-14(20(29)26-15-6-2-3-7-15)32-23-27-19-9-5-4-8-18(19)21(30)28(23)16-10-12-17(13-11-16)31-22(24)25/h4-5,8-15,22H,2-3,6-7H2,1H3,(H,26,29). The molecule has 4 rings (SSSR count). The molecule has 0 bridgehead atoms. The number of benzene rings is 2. The van der Waals surface area contributed by atoms with E-state index in [1.165, 1.54) is 40.6 Å². The number of nitrogens with one attached hydrogen (secondary N) is 1. The lowest BCUT2D eigenvalue weighted by Crippen LogP contribution is -2.38. The van der Waals surface area contributed by atoms with Gasteiger partial charge in [-0.25, -0.2) is 4.98 Å². The Bertz CT molecular complexity index is 1160. The minimum absolute atomic E-state index is 0.0101. The highest BCUT2D eigenvalue weighted by Crippen LogP contribution is 2.27. The van der Waals surface area contributed by atoms with E-state index in [2.05, 4.69) is 15.0 Å². The van der Waals surface area contributed by atoms with Crippen LogP contribution in [0.1, 0.15) is 32.6 Å². The fourth-order valence-electron chi connectivity index (χ4n) is 3.80. The molecule has 1 heterocycles. The number of amides is 1. The van der Waals surface area contributed by atoms with E-state index in [1.54, 1.807) is 31.2 Å². The number of halogens is 2. The van der Waals surface area contributed by atoms with Crippen LogP contribution in [-0.4, -0.2) is 33.4 Å². The number of ether oxygens (including phenoxy) is 1. The molecule has 1 aliphatic carbocycles. The fraction of sp³-hybridized carbons (Fsp3) is 0.348. The second kappa shape index (κ2) is 9.68. The van der Waals surface area contributed by atoms with Crippen LogP contribution in [0.15, 0.2) is 58.5 Å². The summed E-state index contributed by atoms with van der Waals surface area (Å²) < 4.78 is 30.8. The first kappa shape index (κ1) is 22.3. The van der Waals surface area contributed by atoms with E-state index in [-0.39, 0.29) is 23.3 Å². The fourth-order valence-corrected chi connectivity index (χ4v) is 4.73. The van der Waals surface area contributed by atoms with Gasteiger partial charge in [0.1, 0.15) is 5.75 Å². The molecule has 2 aromatic carbocycles. The lowest BCUT2D eigenvalue weighted by atomic mass is 10.2. The van der Waals surface area contributed by atoms with Crippen molar-refractivity contribution in [3.05, 3.63) is 58.9 Å². The predicted molar refractivity (Wildman–Crippen MR) is 120 cm³/mol. The van der Waals surface area contributed by atoms with Gasteiger partial charge in [-0.2, -0.15) is 8.78 Å². The molecule has 1 aromatic heterocycles. The van der Waals surface area contributed by atoms with Gasteiger partial charge in [0.05, 0.1) is 21.8 Å². The zero-order valence-corrected chi connectivity index (χ0v) is 18.3. The van der Waals surface area contributed by atoms with Crippen LogP contribution in [0.2, 0.25) is 0 Å². The highest BCUT2D eigenvalue weighted by atomic mass is 32.2. The van der Waals surface area contributed by atoms with Gasteiger partial charge in [0.2, 0.25) is 5.91 Å². The summed E-state index contributed by atoms with van der Waals surface area (Å²) >= 11 is 1.19. The van der Waals surface area contributed by atoms with Gasteiger partial charge in [-0.05, 0) is 56.2 Å². The van der Waals surface area contributed by atoms with Crippen molar-refractivity contribution in [2.45, 2.75) is 55.7 Å². The maximum atomic E-state index is 13.3. The number of alkyl halides is 2. The van der Waals surface area contributed by atoms with Crippen molar-refractivity contribution < 1.29 is 18.3 Å². The molecule has 1 amide bonds. The van der Waals surface area contributed by atoms with Crippen molar-refractivity contribution >= 4 is 28.6 Å². The topological polar surface area (TPSA) is 73.2 Å². The number of para-hydroxylation sites is 1. The third kappa shape index (κ3) is 4.93. The van der Waals surface area contributed by atoms with Crippen molar-refractivity contribution in [2.24, 2.45) is 0 Å². The van der Waals surface area contributed by atoms with E-state index in [0.29, 0.717) is 21.7 Å². The van der Waals surface area contributed by atoms with Gasteiger partial charge < -0.3 is 10.1 Å². The summed E-state index contributed by atoms with van der Waals surface area (Å²) in [6.45, 7) is -1.16. The van der Waals surface area contributed by atoms with Gasteiger partial charge in [0.25, 0.3) is 5.56 Å². The molecule has 3 aromatic rings. The highest BCUT2D eigenvalue weighted by Gasteiger charge is 2.24. The monoisotopic (exact) mass is 459 g/mol. The Morgan fingerprint density at radius 3 is 2.53 bits per heavy atom. The van der Waals surface area contributed by atoms with Crippen LogP contribution in [0.5, 0.6) is 5.75 Å². The van der Waals surface area contributed by atoms with Crippen LogP contribution < -0.4 is 15.6 Å². The minimum Gasteiger partial charge on any atom is -0.435 e. The minimum atomic E-state index is -2.93. The molecule has 0 saturated heterocycles. The molecule has 0 aliphatic heterocycles. The number of hydrogen-bond acceptors (Lipinski definition) is 5. The zero-order chi connectivity index (χ0) is 22.7. The van der Waals surface area contributed by atoms with E-state index >= 15 is 0 Å². The molecular formula is C23H23F2N3O3S. The zero-order valence-electron chi connectivity index (χ0n) is 17.5. The quantitative estimate of drug-likeness (QED) is 0.415. The predicted octanol–water partition coefficient (Wildman–Crippen LogP) is 4.53. The molecular weight excluding hydrogens is 436 g/mol. The van der Waals surface area contributed by atoms with Gasteiger partial charge in [-0.15, -0.1) is 0 Å². The summed E-state index contributed by atoms with van der Waals surface area (Å²) in [7, 11) is 0. The molecule has 9 heteroatoms. The Morgan fingerprint density at radius 1 is 1.16 bits per heavy atom. The van der Waals surface area contributed by atoms with Gasteiger partial charge in [-0.1, -0.05) is 36.7 Å². The molecule has 0 spiro atoms. The number of nitrogens with zero attached hydrogens (tertiary/aromatic N) is 2. The van der Waals surface area contributed by atoms with Crippen LogP contribution >= 0.6 is 11.8 Å². The number of thioether (sulfide) groups is 1. The van der Waals surface area contributed by atoms with E-state index in [0.717, 1.165) is 25.7 Å². The summed E-state index contributed by atoms with van der Waals surface area (Å²) in [4.78, 5) is 30.6. The summed E-state index contributed by atoms with van der Waals surface area (Å²) in [5, 5.41) is 3.37. The largest absolute Gasteiger partial charge is 0.435 e. The second-order valence-corrected chi connectivity index (χ2v) is 8.98. The normalized spacial score (nSPS) is 15.2. The van der Waals surface area contributed by atoms with Crippen molar-refractivity contribution in [3.8, 4) is 11.4 Å². The van der Waals surface area contributed by atoms with Crippen LogP contribution in [0.25, 0.3) is 16.6 Å². The van der Waals surface area contributed by atoms with Gasteiger partial charge >= 0.3 is 6.61 Å². The molecule has 1 aliphatic rings. The average Bonchev–Trinajstić information content (AvgIpc) is 3.27. The van der Waals surface area contributed by atoms with E-state index in [4.69, 9.17) is 0 Å². The number of rotatable bonds is 7. The molecule has 0 radical (unpaired) electrons. The van der Waals surface area contributed by atoms with Crippen LogP contribution in [0.4, 0.5) is 8.78 Å². The van der Waals surface area contributed by atoms with E-state index < -0.39 is 11.9 Å². The molecule has 1 atom stereocenters. The number of fused-ring (bicyclic) bond motifs is 1. The first-order valence-electron chi connectivity index (χ1n) is 10.5. The van der Waals surface area contributed by atoms with E-state index in [9.17, 15) is 18.4 Å². The highest BCUT2D eigenvalue weighted by molar-refractivity contribution is 8.00. The maximum Gasteiger partial charge on any atom is 0.387 e. The number of aromatic nitrogens is 2. The Balaban J connectivity index is 1.69.